The monoisotopic (exact) mass is 689 g/mol. The minimum Gasteiger partial charge on any atom is -0.339 e. The number of anilines is 1. The second kappa shape index (κ2) is 20.9. The quantitative estimate of drug-likeness (QED) is 0.0445. The van der Waals surface area contributed by atoms with Crippen LogP contribution in [-0.2, 0) is 4.79 Å². The van der Waals surface area contributed by atoms with Gasteiger partial charge < -0.3 is 16.0 Å². The van der Waals surface area contributed by atoms with E-state index in [1.54, 1.807) is 0 Å². The zero-order valence-corrected chi connectivity index (χ0v) is 26.8. The number of alkyl halides is 3. The van der Waals surface area contributed by atoms with Gasteiger partial charge in [0.25, 0.3) is 0 Å². The zero-order chi connectivity index (χ0) is 26.7. The number of rotatable bonds is 19. The number of carbonyl (C=O) groups excluding carboxylic acids is 1. The summed E-state index contributed by atoms with van der Waals surface area (Å²) in [7, 11) is 0. The van der Waals surface area contributed by atoms with E-state index in [1.807, 2.05) is 24.3 Å². The van der Waals surface area contributed by atoms with E-state index < -0.39 is 9.96 Å². The van der Waals surface area contributed by atoms with Gasteiger partial charge in [-0.3, -0.25) is 4.79 Å². The number of benzene rings is 1. The molecule has 3 N–H and O–H groups in total. The Morgan fingerprint density at radius 1 is 0.833 bits per heavy atom. The van der Waals surface area contributed by atoms with Gasteiger partial charge in [0.05, 0.1) is 5.69 Å². The van der Waals surface area contributed by atoms with E-state index in [9.17, 15) is 4.79 Å². The summed E-state index contributed by atoms with van der Waals surface area (Å²) in [6.07, 6.45) is 18.7. The molecule has 0 aliphatic heterocycles. The van der Waals surface area contributed by atoms with Gasteiger partial charge in [-0.15, -0.1) is 0 Å². The maximum absolute atomic E-state index is 12.4. The van der Waals surface area contributed by atoms with E-state index in [2.05, 4.69) is 45.5 Å². The third-order valence-corrected chi connectivity index (χ3v) is 7.85. The van der Waals surface area contributed by atoms with E-state index >= 15 is 0 Å². The molecule has 1 rings (SSSR count). The molecule has 1 atom stereocenters. The van der Waals surface area contributed by atoms with Crippen molar-refractivity contribution in [3.8, 4) is 0 Å². The van der Waals surface area contributed by atoms with Gasteiger partial charge in [-0.05, 0) is 53.4 Å². The predicted octanol–water partition coefficient (Wildman–Crippen LogP) is 9.65. The standard InChI is InChI=1S/C27H43Cl3IN3OS/c1-2-3-4-5-6-7-8-9-10-11-12-13-14-15-16-21-24(35)33-25(27(28,29)30)34-26(36)32-23-20-18-17-19-22(23)31/h17-20,25H,2-16,21H2,1H3,(H,33,35)(H2,32,34,36)/t25-/m0/s1. The van der Waals surface area contributed by atoms with E-state index in [-0.39, 0.29) is 11.0 Å². The van der Waals surface area contributed by atoms with Crippen molar-refractivity contribution >= 4 is 86.3 Å². The Morgan fingerprint density at radius 3 is 1.78 bits per heavy atom. The molecule has 0 bridgehead atoms. The zero-order valence-electron chi connectivity index (χ0n) is 21.5. The van der Waals surface area contributed by atoms with Gasteiger partial charge in [-0.25, -0.2) is 0 Å². The number of nitrogens with one attached hydrogen (secondary N) is 3. The fraction of sp³-hybridized carbons (Fsp3) is 0.704. The number of carbonyl (C=O) groups is 1. The van der Waals surface area contributed by atoms with Gasteiger partial charge in [0.15, 0.2) is 5.11 Å². The van der Waals surface area contributed by atoms with Gasteiger partial charge in [-0.2, -0.15) is 0 Å². The Hall–Kier alpha value is -0.0200. The van der Waals surface area contributed by atoms with Crippen molar-refractivity contribution in [3.05, 3.63) is 27.8 Å². The number of hydrogen-bond donors (Lipinski definition) is 3. The Morgan fingerprint density at radius 2 is 1.31 bits per heavy atom. The summed E-state index contributed by atoms with van der Waals surface area (Å²) in [5.74, 6) is -0.161. The van der Waals surface area contributed by atoms with Gasteiger partial charge in [0, 0.05) is 9.99 Å². The van der Waals surface area contributed by atoms with Crippen LogP contribution in [0.3, 0.4) is 0 Å². The van der Waals surface area contributed by atoms with Crippen LogP contribution < -0.4 is 16.0 Å². The number of halogens is 4. The SMILES string of the molecule is CCCCCCCCCCCCCCCCCC(=O)N[C@@H](NC(=S)Nc1ccccc1I)C(Cl)(Cl)Cl. The third-order valence-electron chi connectivity index (χ3n) is 6.04. The maximum atomic E-state index is 12.4. The summed E-state index contributed by atoms with van der Waals surface area (Å²) in [6, 6.07) is 7.69. The molecule has 0 aliphatic carbocycles. The van der Waals surface area contributed by atoms with Crippen molar-refractivity contribution in [2.45, 2.75) is 120 Å². The van der Waals surface area contributed by atoms with Crippen LogP contribution in [0.1, 0.15) is 110 Å². The lowest BCUT2D eigenvalue weighted by Crippen LogP contribution is -2.56. The topological polar surface area (TPSA) is 53.2 Å². The van der Waals surface area contributed by atoms with E-state index in [0.717, 1.165) is 28.5 Å². The molecule has 1 aromatic carbocycles. The highest BCUT2D eigenvalue weighted by Crippen LogP contribution is 2.29. The van der Waals surface area contributed by atoms with Crippen LogP contribution in [0, 0.1) is 3.57 Å². The third kappa shape index (κ3) is 17.5. The first kappa shape index (κ1) is 34.0. The predicted molar refractivity (Wildman–Crippen MR) is 170 cm³/mol. The highest BCUT2D eigenvalue weighted by atomic mass is 127. The number of hydrogen-bond acceptors (Lipinski definition) is 2. The highest BCUT2D eigenvalue weighted by molar-refractivity contribution is 14.1. The summed E-state index contributed by atoms with van der Waals surface area (Å²) >= 11 is 25.8. The molecule has 0 radical (unpaired) electrons. The van der Waals surface area contributed by atoms with Crippen molar-refractivity contribution < 1.29 is 4.79 Å². The van der Waals surface area contributed by atoms with Crippen LogP contribution in [0.15, 0.2) is 24.3 Å². The molecule has 0 unspecified atom stereocenters. The van der Waals surface area contributed by atoms with Crippen LogP contribution in [0.5, 0.6) is 0 Å². The molecule has 0 heterocycles. The Labute approximate surface area is 252 Å². The lowest BCUT2D eigenvalue weighted by molar-refractivity contribution is -0.122. The smallest absolute Gasteiger partial charge is 0.228 e. The van der Waals surface area contributed by atoms with Crippen molar-refractivity contribution in [3.63, 3.8) is 0 Å². The molecule has 1 amide bonds. The Bertz CT molecular complexity index is 749. The summed E-state index contributed by atoms with van der Waals surface area (Å²) < 4.78 is -0.748. The second-order valence-electron chi connectivity index (χ2n) is 9.32. The fourth-order valence-corrected chi connectivity index (χ4v) is 5.02. The molecular weight excluding hydrogens is 648 g/mol. The van der Waals surface area contributed by atoms with Crippen LogP contribution >= 0.6 is 69.6 Å². The molecule has 0 aromatic heterocycles. The van der Waals surface area contributed by atoms with E-state index in [1.165, 1.54) is 77.0 Å². The Kier molecular flexibility index (Phi) is 19.7. The van der Waals surface area contributed by atoms with Gasteiger partial charge in [-0.1, -0.05) is 144 Å². The van der Waals surface area contributed by atoms with Crippen molar-refractivity contribution in [1.29, 1.82) is 0 Å². The molecule has 9 heteroatoms. The number of amides is 1. The molecule has 0 saturated heterocycles. The van der Waals surface area contributed by atoms with Crippen molar-refractivity contribution in [2.24, 2.45) is 0 Å². The molecule has 0 spiro atoms. The normalized spacial score (nSPS) is 12.2. The molecule has 36 heavy (non-hydrogen) atoms. The van der Waals surface area contributed by atoms with Crippen molar-refractivity contribution in [2.75, 3.05) is 5.32 Å². The summed E-state index contributed by atoms with van der Waals surface area (Å²) in [5.41, 5.74) is 0.836. The van der Waals surface area contributed by atoms with E-state index in [0.29, 0.717) is 6.42 Å². The Balaban J connectivity index is 2.12. The molecule has 1 aromatic rings. The van der Waals surface area contributed by atoms with Crippen molar-refractivity contribution in [1.82, 2.24) is 10.6 Å². The average Bonchev–Trinajstić information content (AvgIpc) is 2.82. The minimum atomic E-state index is -1.75. The summed E-state index contributed by atoms with van der Waals surface area (Å²) in [4.78, 5) is 12.4. The summed E-state index contributed by atoms with van der Waals surface area (Å²) in [5, 5.41) is 9.01. The largest absolute Gasteiger partial charge is 0.339 e. The lowest BCUT2D eigenvalue weighted by Gasteiger charge is -2.28. The molecule has 0 aliphatic rings. The average molecular weight is 691 g/mol. The van der Waals surface area contributed by atoms with Crippen LogP contribution in [-0.4, -0.2) is 21.0 Å². The van der Waals surface area contributed by atoms with E-state index in [4.69, 9.17) is 47.0 Å². The number of thiocarbonyl (C=S) groups is 1. The first-order valence-electron chi connectivity index (χ1n) is 13.4. The van der Waals surface area contributed by atoms with Gasteiger partial charge in [0.2, 0.25) is 9.70 Å². The fourth-order valence-electron chi connectivity index (χ4n) is 3.94. The second-order valence-corrected chi connectivity index (χ2v) is 13.3. The van der Waals surface area contributed by atoms with Gasteiger partial charge >= 0.3 is 0 Å². The van der Waals surface area contributed by atoms with Crippen LogP contribution in [0.4, 0.5) is 5.69 Å². The lowest BCUT2D eigenvalue weighted by atomic mass is 10.0. The van der Waals surface area contributed by atoms with Gasteiger partial charge in [0.1, 0.15) is 6.17 Å². The summed E-state index contributed by atoms with van der Waals surface area (Å²) in [6.45, 7) is 2.27. The molecule has 0 saturated carbocycles. The first-order valence-corrected chi connectivity index (χ1v) is 16.0. The number of para-hydroxylation sites is 1. The minimum absolute atomic E-state index is 0.161. The molecule has 206 valence electrons. The maximum Gasteiger partial charge on any atom is 0.228 e. The first-order chi connectivity index (χ1) is 17.2. The molecule has 0 fully saturated rings. The highest BCUT2D eigenvalue weighted by Gasteiger charge is 2.34. The number of unbranched alkanes of at least 4 members (excludes halogenated alkanes) is 14. The van der Waals surface area contributed by atoms with Crippen LogP contribution in [0.2, 0.25) is 0 Å². The molecule has 4 nitrogen and oxygen atoms in total. The van der Waals surface area contributed by atoms with Crippen LogP contribution in [0.25, 0.3) is 0 Å². The molecular formula is C27H43Cl3IN3OS.